The number of nitrogens with one attached hydrogen (secondary N) is 2. The summed E-state index contributed by atoms with van der Waals surface area (Å²) in [6.07, 6.45) is 1.72. The Morgan fingerprint density at radius 3 is 2.26 bits per heavy atom. The molecule has 6 rings (SSSR count). The Morgan fingerprint density at radius 2 is 1.42 bits per heavy atom. The van der Waals surface area contributed by atoms with Crippen molar-refractivity contribution in [2.75, 3.05) is 5.43 Å². The molecule has 2 N–H and O–H groups in total. The molecule has 0 radical (unpaired) electrons. The molecule has 0 bridgehead atoms. The number of nitrogens with zero attached hydrogens (tertiary/aromatic N) is 3. The molecular formula is C26H19N5. The summed E-state index contributed by atoms with van der Waals surface area (Å²) in [6, 6.07) is 33.1. The molecule has 0 saturated heterocycles. The molecule has 0 amide bonds. The van der Waals surface area contributed by atoms with Crippen LogP contribution in [0.2, 0.25) is 0 Å². The van der Waals surface area contributed by atoms with E-state index >= 15 is 0 Å². The lowest BCUT2D eigenvalue weighted by Crippen LogP contribution is -2.10. The number of H-pyrrole nitrogens is 1. The maximum absolute atomic E-state index is 5.00. The average Bonchev–Trinajstić information content (AvgIpc) is 3.44. The SMILES string of the molecule is c1ccc(Nn2c(-c3ccccc3)nc3cc(-c4ccc5nc[nH]c5c4)ccc32)cc1. The standard InChI is InChI=1S/C26H19N5/c1-3-7-18(8-4-1)26-29-24-16-20(19-11-13-22-23(15-19)28-17-27-22)12-14-25(24)31(26)30-21-9-5-2-6-10-21/h1-17,30H,(H,27,28). The first-order valence-corrected chi connectivity index (χ1v) is 10.2. The van der Waals surface area contributed by atoms with Crippen molar-refractivity contribution < 1.29 is 0 Å². The number of anilines is 1. The molecule has 0 aliphatic carbocycles. The Balaban J connectivity index is 1.51. The van der Waals surface area contributed by atoms with E-state index in [-0.39, 0.29) is 0 Å². The van der Waals surface area contributed by atoms with E-state index in [4.69, 9.17) is 4.98 Å². The van der Waals surface area contributed by atoms with Gasteiger partial charge >= 0.3 is 0 Å². The number of rotatable bonds is 4. The van der Waals surface area contributed by atoms with E-state index in [0.717, 1.165) is 50.3 Å². The quantitative estimate of drug-likeness (QED) is 0.374. The maximum Gasteiger partial charge on any atom is 0.159 e. The Labute approximate surface area is 179 Å². The van der Waals surface area contributed by atoms with Crippen LogP contribution in [0.4, 0.5) is 5.69 Å². The largest absolute Gasteiger partial charge is 0.345 e. The van der Waals surface area contributed by atoms with Crippen molar-refractivity contribution in [1.29, 1.82) is 0 Å². The van der Waals surface area contributed by atoms with Crippen molar-refractivity contribution >= 4 is 27.8 Å². The molecule has 0 atom stereocenters. The van der Waals surface area contributed by atoms with Gasteiger partial charge in [0.15, 0.2) is 5.82 Å². The van der Waals surface area contributed by atoms with Gasteiger partial charge in [0, 0.05) is 5.56 Å². The van der Waals surface area contributed by atoms with Crippen LogP contribution in [0.5, 0.6) is 0 Å². The van der Waals surface area contributed by atoms with Crippen LogP contribution < -0.4 is 5.43 Å². The Bertz CT molecular complexity index is 1500. The summed E-state index contributed by atoms with van der Waals surface area (Å²) >= 11 is 0. The molecule has 0 saturated carbocycles. The molecule has 0 fully saturated rings. The van der Waals surface area contributed by atoms with Gasteiger partial charge in [-0.3, -0.25) is 5.43 Å². The molecule has 2 heterocycles. The zero-order chi connectivity index (χ0) is 20.6. The fourth-order valence-electron chi connectivity index (χ4n) is 3.91. The molecular weight excluding hydrogens is 382 g/mol. The summed E-state index contributed by atoms with van der Waals surface area (Å²) in [7, 11) is 0. The second-order valence-corrected chi connectivity index (χ2v) is 7.45. The minimum absolute atomic E-state index is 0.876. The fourth-order valence-corrected chi connectivity index (χ4v) is 3.91. The van der Waals surface area contributed by atoms with Crippen molar-refractivity contribution in [1.82, 2.24) is 19.6 Å². The monoisotopic (exact) mass is 401 g/mol. The number of hydrogen-bond acceptors (Lipinski definition) is 3. The van der Waals surface area contributed by atoms with Crippen LogP contribution in [0.3, 0.4) is 0 Å². The molecule has 0 aliphatic heterocycles. The van der Waals surface area contributed by atoms with E-state index in [1.807, 2.05) is 42.5 Å². The van der Waals surface area contributed by atoms with Crippen LogP contribution in [-0.2, 0) is 0 Å². The lowest BCUT2D eigenvalue weighted by Gasteiger charge is -2.12. The van der Waals surface area contributed by atoms with Crippen LogP contribution in [-0.4, -0.2) is 19.6 Å². The van der Waals surface area contributed by atoms with Gasteiger partial charge in [-0.05, 0) is 47.5 Å². The molecule has 31 heavy (non-hydrogen) atoms. The summed E-state index contributed by atoms with van der Waals surface area (Å²) < 4.78 is 2.06. The Morgan fingerprint density at radius 1 is 0.677 bits per heavy atom. The van der Waals surface area contributed by atoms with Crippen molar-refractivity contribution in [3.63, 3.8) is 0 Å². The number of benzene rings is 4. The summed E-state index contributed by atoms with van der Waals surface area (Å²) in [4.78, 5) is 12.5. The first-order valence-electron chi connectivity index (χ1n) is 10.2. The molecule has 4 aromatic carbocycles. The molecule has 5 nitrogen and oxygen atoms in total. The highest BCUT2D eigenvalue weighted by Gasteiger charge is 2.14. The van der Waals surface area contributed by atoms with Gasteiger partial charge in [0.2, 0.25) is 0 Å². The van der Waals surface area contributed by atoms with Crippen molar-refractivity contribution in [3.8, 4) is 22.5 Å². The average molecular weight is 401 g/mol. The number of aromatic nitrogens is 4. The maximum atomic E-state index is 5.00. The summed E-state index contributed by atoms with van der Waals surface area (Å²) in [5, 5.41) is 0. The molecule has 0 aliphatic rings. The molecule has 0 spiro atoms. The van der Waals surface area contributed by atoms with Gasteiger partial charge in [0.1, 0.15) is 0 Å². The van der Waals surface area contributed by atoms with Gasteiger partial charge in [-0.15, -0.1) is 0 Å². The number of fused-ring (bicyclic) bond motifs is 2. The summed E-state index contributed by atoms with van der Waals surface area (Å²) in [5.74, 6) is 0.876. The first kappa shape index (κ1) is 17.5. The lowest BCUT2D eigenvalue weighted by atomic mass is 10.0. The van der Waals surface area contributed by atoms with E-state index in [2.05, 4.69) is 74.7 Å². The molecule has 2 aromatic heterocycles. The highest BCUT2D eigenvalue weighted by atomic mass is 15.4. The Kier molecular flexibility index (Phi) is 4.03. The highest BCUT2D eigenvalue weighted by molar-refractivity contribution is 5.88. The summed E-state index contributed by atoms with van der Waals surface area (Å²) in [6.45, 7) is 0. The molecule has 0 unspecified atom stereocenters. The second kappa shape index (κ2) is 7.15. The number of imidazole rings is 2. The van der Waals surface area contributed by atoms with Gasteiger partial charge in [0.05, 0.1) is 34.1 Å². The zero-order valence-corrected chi connectivity index (χ0v) is 16.7. The van der Waals surface area contributed by atoms with E-state index < -0.39 is 0 Å². The van der Waals surface area contributed by atoms with Gasteiger partial charge in [-0.2, -0.15) is 0 Å². The van der Waals surface area contributed by atoms with Crippen LogP contribution in [0.25, 0.3) is 44.6 Å². The third-order valence-electron chi connectivity index (χ3n) is 5.45. The number of aromatic amines is 1. The highest BCUT2D eigenvalue weighted by Crippen LogP contribution is 2.30. The number of hydrogen-bond donors (Lipinski definition) is 2. The fraction of sp³-hybridized carbons (Fsp3) is 0. The Hall–Kier alpha value is -4.38. The normalized spacial score (nSPS) is 11.2. The zero-order valence-electron chi connectivity index (χ0n) is 16.7. The van der Waals surface area contributed by atoms with Crippen LogP contribution >= 0.6 is 0 Å². The third kappa shape index (κ3) is 3.13. The van der Waals surface area contributed by atoms with Crippen LogP contribution in [0, 0.1) is 0 Å². The predicted octanol–water partition coefficient (Wildman–Crippen LogP) is 6.12. The minimum atomic E-state index is 0.876. The van der Waals surface area contributed by atoms with E-state index in [1.165, 1.54) is 0 Å². The summed E-state index contributed by atoms with van der Waals surface area (Å²) in [5.41, 5.74) is 11.8. The molecule has 6 aromatic rings. The van der Waals surface area contributed by atoms with E-state index in [9.17, 15) is 0 Å². The van der Waals surface area contributed by atoms with Crippen LogP contribution in [0.15, 0.2) is 103 Å². The topological polar surface area (TPSA) is 58.5 Å². The molecule has 148 valence electrons. The van der Waals surface area contributed by atoms with Crippen LogP contribution in [0.1, 0.15) is 0 Å². The minimum Gasteiger partial charge on any atom is -0.345 e. The van der Waals surface area contributed by atoms with Crippen molar-refractivity contribution in [2.24, 2.45) is 0 Å². The van der Waals surface area contributed by atoms with Gasteiger partial charge < -0.3 is 4.98 Å². The van der Waals surface area contributed by atoms with Gasteiger partial charge in [0.25, 0.3) is 0 Å². The smallest absolute Gasteiger partial charge is 0.159 e. The van der Waals surface area contributed by atoms with E-state index in [1.54, 1.807) is 6.33 Å². The lowest BCUT2D eigenvalue weighted by molar-refractivity contribution is 1.000. The second-order valence-electron chi connectivity index (χ2n) is 7.45. The van der Waals surface area contributed by atoms with E-state index in [0.29, 0.717) is 0 Å². The first-order chi connectivity index (χ1) is 15.3. The van der Waals surface area contributed by atoms with Crippen molar-refractivity contribution in [3.05, 3.63) is 103 Å². The van der Waals surface area contributed by atoms with Crippen molar-refractivity contribution in [2.45, 2.75) is 0 Å². The number of para-hydroxylation sites is 1. The van der Waals surface area contributed by atoms with Gasteiger partial charge in [-0.25, -0.2) is 14.6 Å². The molecule has 5 heteroatoms. The van der Waals surface area contributed by atoms with Gasteiger partial charge in [-0.1, -0.05) is 60.7 Å². The third-order valence-corrected chi connectivity index (χ3v) is 5.45. The predicted molar refractivity (Wildman–Crippen MR) is 126 cm³/mol.